The summed E-state index contributed by atoms with van der Waals surface area (Å²) in [5, 5.41) is 7.63. The molecule has 20 heavy (non-hydrogen) atoms. The number of alkyl halides is 3. The van der Waals surface area contributed by atoms with E-state index in [1.54, 1.807) is 0 Å². The van der Waals surface area contributed by atoms with E-state index in [2.05, 4.69) is 35.8 Å². The molecule has 0 bridgehead atoms. The molecule has 0 saturated heterocycles. The van der Waals surface area contributed by atoms with Crippen molar-refractivity contribution in [1.82, 2.24) is 5.32 Å². The van der Waals surface area contributed by atoms with E-state index in [9.17, 15) is 13.2 Å². The Morgan fingerprint density at radius 1 is 1.35 bits per heavy atom. The zero-order chi connectivity index (χ0) is 14.6. The average Bonchev–Trinajstić information content (AvgIpc) is 2.38. The topological polar surface area (TPSA) is 26.1 Å². The molecule has 0 saturated carbocycles. The van der Waals surface area contributed by atoms with E-state index in [1.807, 2.05) is 0 Å². The van der Waals surface area contributed by atoms with Crippen LogP contribution in [0.25, 0.3) is 5.32 Å². The number of nitrogens with zero attached hydrogens (tertiary/aromatic N) is 1. The lowest BCUT2D eigenvalue weighted by molar-refractivity contribution is -0.134. The first-order chi connectivity index (χ1) is 9.46. The Morgan fingerprint density at radius 3 is 2.90 bits per heavy atom. The summed E-state index contributed by atoms with van der Waals surface area (Å²) in [5.74, 6) is 0. The highest BCUT2D eigenvalue weighted by molar-refractivity contribution is 5.36. The molecule has 1 heterocycles. The monoisotopic (exact) mass is 285 g/mol. The van der Waals surface area contributed by atoms with E-state index in [0.717, 1.165) is 13.0 Å². The van der Waals surface area contributed by atoms with Crippen LogP contribution in [0.2, 0.25) is 0 Å². The third-order valence-corrected chi connectivity index (χ3v) is 3.66. The van der Waals surface area contributed by atoms with Crippen LogP contribution in [-0.4, -0.2) is 25.3 Å². The quantitative estimate of drug-likeness (QED) is 0.820. The smallest absolute Gasteiger partial charge is 0.389 e. The van der Waals surface area contributed by atoms with E-state index in [4.69, 9.17) is 0 Å². The fourth-order valence-electron chi connectivity index (χ4n) is 2.56. The Kier molecular flexibility index (Phi) is 5.05. The van der Waals surface area contributed by atoms with Crippen LogP contribution in [0.3, 0.4) is 0 Å². The molecule has 0 spiro atoms. The molecular formula is C15H20F3N2-. The van der Waals surface area contributed by atoms with E-state index in [1.165, 1.54) is 16.7 Å². The molecule has 0 fully saturated rings. The van der Waals surface area contributed by atoms with Gasteiger partial charge in [-0.25, -0.2) is 0 Å². The molecule has 2 rings (SSSR count). The van der Waals surface area contributed by atoms with Crippen LogP contribution in [-0.2, 0) is 13.0 Å². The number of hydrogen-bond acceptors (Lipinski definition) is 1. The molecule has 1 aliphatic heterocycles. The van der Waals surface area contributed by atoms with Crippen LogP contribution in [0.1, 0.15) is 29.5 Å². The second kappa shape index (κ2) is 6.59. The maximum Gasteiger partial charge on any atom is 0.389 e. The molecule has 0 aliphatic carbocycles. The summed E-state index contributed by atoms with van der Waals surface area (Å²) in [6.45, 7) is 3.80. The fourth-order valence-corrected chi connectivity index (χ4v) is 2.56. The van der Waals surface area contributed by atoms with Crippen molar-refractivity contribution in [2.24, 2.45) is 0 Å². The summed E-state index contributed by atoms with van der Waals surface area (Å²) in [7, 11) is 0. The molecule has 1 aromatic rings. The first-order valence-corrected chi connectivity index (χ1v) is 6.96. The molecule has 0 amide bonds. The second-order valence-electron chi connectivity index (χ2n) is 5.34. The first kappa shape index (κ1) is 15.3. The van der Waals surface area contributed by atoms with Crippen molar-refractivity contribution in [1.29, 1.82) is 0 Å². The molecular weight excluding hydrogens is 265 g/mol. The minimum absolute atomic E-state index is 0.0891. The van der Waals surface area contributed by atoms with Gasteiger partial charge >= 0.3 is 6.18 Å². The van der Waals surface area contributed by atoms with Gasteiger partial charge in [-0.05, 0) is 36.1 Å². The van der Waals surface area contributed by atoms with E-state index >= 15 is 0 Å². The van der Waals surface area contributed by atoms with Crippen molar-refractivity contribution in [2.75, 3.05) is 13.1 Å². The molecule has 1 aromatic carbocycles. The summed E-state index contributed by atoms with van der Waals surface area (Å²) < 4.78 is 36.0. The van der Waals surface area contributed by atoms with Gasteiger partial charge in [-0.3, -0.25) is 0 Å². The molecule has 2 nitrogen and oxygen atoms in total. The summed E-state index contributed by atoms with van der Waals surface area (Å²) in [6.07, 6.45) is -3.80. The Hall–Kier alpha value is -1.07. The maximum atomic E-state index is 12.0. The number of aryl methyl sites for hydroxylation is 1. The van der Waals surface area contributed by atoms with E-state index in [-0.39, 0.29) is 19.0 Å². The summed E-state index contributed by atoms with van der Waals surface area (Å²) >= 11 is 0. The zero-order valence-electron chi connectivity index (χ0n) is 11.6. The molecule has 1 aliphatic rings. The van der Waals surface area contributed by atoms with Crippen molar-refractivity contribution in [3.63, 3.8) is 0 Å². The average molecular weight is 285 g/mol. The van der Waals surface area contributed by atoms with Crippen molar-refractivity contribution < 1.29 is 13.2 Å². The molecule has 1 N–H and O–H groups in total. The van der Waals surface area contributed by atoms with Gasteiger partial charge in [-0.15, -0.1) is 13.1 Å². The van der Waals surface area contributed by atoms with Crippen molar-refractivity contribution in [3.05, 3.63) is 40.2 Å². The predicted molar refractivity (Wildman–Crippen MR) is 73.9 cm³/mol. The second-order valence-corrected chi connectivity index (χ2v) is 5.34. The largest absolute Gasteiger partial charge is 0.661 e. The third-order valence-electron chi connectivity index (χ3n) is 3.66. The highest BCUT2D eigenvalue weighted by Gasteiger charge is 2.25. The zero-order valence-corrected chi connectivity index (χ0v) is 11.6. The molecule has 0 unspecified atom stereocenters. The standard InChI is InChI=1S/C15H20F3N2/c1-11-4-2-5-12-9-20-13(8-14(11)12)10-19-7-3-6-15(16,17)18/h2,4-5,13,20H,3,6-10H2,1H3/q-1/t13-/m1/s1. The highest BCUT2D eigenvalue weighted by atomic mass is 19.4. The Balaban J connectivity index is 1.73. The first-order valence-electron chi connectivity index (χ1n) is 6.96. The van der Waals surface area contributed by atoms with Gasteiger partial charge < -0.3 is 10.6 Å². The van der Waals surface area contributed by atoms with Crippen LogP contribution in [0.4, 0.5) is 13.2 Å². The fraction of sp³-hybridized carbons (Fsp3) is 0.600. The Labute approximate surface area is 117 Å². The SMILES string of the molecule is Cc1cccc2c1C[C@H](C[N-]CCCC(F)(F)F)NC2. The van der Waals surface area contributed by atoms with Crippen molar-refractivity contribution in [3.8, 4) is 0 Å². The number of fused-ring (bicyclic) bond motifs is 1. The number of benzene rings is 1. The van der Waals surface area contributed by atoms with Gasteiger partial charge in [0.15, 0.2) is 0 Å². The van der Waals surface area contributed by atoms with Gasteiger partial charge in [-0.2, -0.15) is 13.2 Å². The molecule has 0 radical (unpaired) electrons. The van der Waals surface area contributed by atoms with Gasteiger partial charge in [0.1, 0.15) is 0 Å². The lowest BCUT2D eigenvalue weighted by Gasteiger charge is -2.33. The van der Waals surface area contributed by atoms with Crippen LogP contribution >= 0.6 is 0 Å². The molecule has 5 heteroatoms. The van der Waals surface area contributed by atoms with Gasteiger partial charge in [0.2, 0.25) is 0 Å². The van der Waals surface area contributed by atoms with Crippen LogP contribution < -0.4 is 5.32 Å². The van der Waals surface area contributed by atoms with E-state index < -0.39 is 12.6 Å². The minimum Gasteiger partial charge on any atom is -0.661 e. The van der Waals surface area contributed by atoms with Crippen molar-refractivity contribution in [2.45, 2.75) is 44.9 Å². The van der Waals surface area contributed by atoms with Crippen LogP contribution in [0.5, 0.6) is 0 Å². The Morgan fingerprint density at radius 2 is 2.15 bits per heavy atom. The van der Waals surface area contributed by atoms with Gasteiger partial charge in [-0.1, -0.05) is 24.6 Å². The summed E-state index contributed by atoms with van der Waals surface area (Å²) in [6, 6.07) is 6.51. The third kappa shape index (κ3) is 4.49. The number of rotatable bonds is 5. The normalized spacial score (nSPS) is 18.9. The molecule has 112 valence electrons. The Bertz CT molecular complexity index is 443. The summed E-state index contributed by atoms with van der Waals surface area (Å²) in [5.41, 5.74) is 3.96. The number of halogens is 3. The molecule has 0 aromatic heterocycles. The number of hydrogen-bond donors (Lipinski definition) is 1. The minimum atomic E-state index is -4.06. The molecule has 1 atom stereocenters. The lowest BCUT2D eigenvalue weighted by Crippen LogP contribution is -2.38. The van der Waals surface area contributed by atoms with Crippen LogP contribution in [0, 0.1) is 6.92 Å². The van der Waals surface area contributed by atoms with Crippen molar-refractivity contribution >= 4 is 0 Å². The van der Waals surface area contributed by atoms with E-state index in [0.29, 0.717) is 6.54 Å². The predicted octanol–water partition coefficient (Wildman–Crippen LogP) is 3.73. The number of nitrogens with one attached hydrogen (secondary N) is 1. The van der Waals surface area contributed by atoms with Gasteiger partial charge in [0.05, 0.1) is 0 Å². The van der Waals surface area contributed by atoms with Crippen LogP contribution in [0.15, 0.2) is 18.2 Å². The lowest BCUT2D eigenvalue weighted by atomic mass is 9.92. The van der Waals surface area contributed by atoms with Gasteiger partial charge in [0, 0.05) is 13.0 Å². The highest BCUT2D eigenvalue weighted by Crippen LogP contribution is 2.23. The maximum absolute atomic E-state index is 12.0. The summed E-state index contributed by atoms with van der Waals surface area (Å²) in [4.78, 5) is 0. The van der Waals surface area contributed by atoms with Gasteiger partial charge in [0.25, 0.3) is 0 Å².